The van der Waals surface area contributed by atoms with Crippen LogP contribution in [0.15, 0.2) is 46.9 Å². The van der Waals surface area contributed by atoms with E-state index in [1.54, 1.807) is 18.2 Å². The summed E-state index contributed by atoms with van der Waals surface area (Å²) in [5.74, 6) is -1.01. The number of hydrogen-bond acceptors (Lipinski definition) is 1. The molecule has 0 atom stereocenters. The van der Waals surface area contributed by atoms with E-state index in [0.717, 1.165) is 3.57 Å². The predicted molar refractivity (Wildman–Crippen MR) is 81.2 cm³/mol. The van der Waals surface area contributed by atoms with Gasteiger partial charge < -0.3 is 5.32 Å². The lowest BCUT2D eigenvalue weighted by molar-refractivity contribution is 0.102. The third-order valence-corrected chi connectivity index (χ3v) is 3.87. The summed E-state index contributed by atoms with van der Waals surface area (Å²) in [6, 6.07) is 12.0. The molecule has 92 valence electrons. The Morgan fingerprint density at radius 3 is 2.61 bits per heavy atom. The second-order valence-corrected chi connectivity index (χ2v) is 5.55. The van der Waals surface area contributed by atoms with Gasteiger partial charge in [0.25, 0.3) is 5.91 Å². The van der Waals surface area contributed by atoms with Crippen LogP contribution in [0.3, 0.4) is 0 Å². The SMILES string of the molecule is O=C(Nc1ccccc1I)c1cccc(Br)c1F. The Morgan fingerprint density at radius 1 is 1.17 bits per heavy atom. The highest BCUT2D eigenvalue weighted by Gasteiger charge is 2.14. The Balaban J connectivity index is 2.28. The Hall–Kier alpha value is -0.950. The molecule has 2 nitrogen and oxygen atoms in total. The average Bonchev–Trinajstić information content (AvgIpc) is 2.35. The lowest BCUT2D eigenvalue weighted by atomic mass is 10.2. The monoisotopic (exact) mass is 419 g/mol. The van der Waals surface area contributed by atoms with Crippen LogP contribution in [0.25, 0.3) is 0 Å². The van der Waals surface area contributed by atoms with Crippen molar-refractivity contribution in [3.63, 3.8) is 0 Å². The van der Waals surface area contributed by atoms with Crippen LogP contribution in [0.5, 0.6) is 0 Å². The first kappa shape index (κ1) is 13.5. The quantitative estimate of drug-likeness (QED) is 0.716. The minimum Gasteiger partial charge on any atom is -0.321 e. The van der Waals surface area contributed by atoms with Crippen molar-refractivity contribution in [3.8, 4) is 0 Å². The molecule has 0 saturated heterocycles. The summed E-state index contributed by atoms with van der Waals surface area (Å²) in [5, 5.41) is 2.69. The lowest BCUT2D eigenvalue weighted by Crippen LogP contribution is -2.14. The number of hydrogen-bond donors (Lipinski definition) is 1. The number of anilines is 1. The smallest absolute Gasteiger partial charge is 0.258 e. The van der Waals surface area contributed by atoms with E-state index < -0.39 is 11.7 Å². The molecule has 0 aliphatic rings. The minimum atomic E-state index is -0.555. The van der Waals surface area contributed by atoms with Crippen LogP contribution in [-0.2, 0) is 0 Å². The maximum absolute atomic E-state index is 13.7. The van der Waals surface area contributed by atoms with Crippen LogP contribution >= 0.6 is 38.5 Å². The minimum absolute atomic E-state index is 0.0176. The van der Waals surface area contributed by atoms with E-state index in [2.05, 4.69) is 43.8 Å². The van der Waals surface area contributed by atoms with Crippen LogP contribution in [-0.4, -0.2) is 5.91 Å². The normalized spacial score (nSPS) is 10.2. The molecule has 2 aromatic rings. The highest BCUT2D eigenvalue weighted by molar-refractivity contribution is 14.1. The first-order valence-electron chi connectivity index (χ1n) is 5.09. The molecule has 5 heteroatoms. The summed E-state index contributed by atoms with van der Waals surface area (Å²) >= 11 is 5.17. The molecule has 0 aliphatic carbocycles. The Kier molecular flexibility index (Phi) is 4.34. The fourth-order valence-electron chi connectivity index (χ4n) is 1.43. The summed E-state index contributed by atoms with van der Waals surface area (Å²) in [7, 11) is 0. The van der Waals surface area contributed by atoms with Gasteiger partial charge in [-0.05, 0) is 62.8 Å². The number of nitrogens with one attached hydrogen (secondary N) is 1. The number of amides is 1. The molecule has 0 unspecified atom stereocenters. The van der Waals surface area contributed by atoms with E-state index >= 15 is 0 Å². The molecular weight excluding hydrogens is 412 g/mol. The van der Waals surface area contributed by atoms with Crippen LogP contribution in [0.2, 0.25) is 0 Å². The molecule has 2 rings (SSSR count). The number of carbonyl (C=O) groups is 1. The highest BCUT2D eigenvalue weighted by atomic mass is 127. The number of rotatable bonds is 2. The topological polar surface area (TPSA) is 29.1 Å². The van der Waals surface area contributed by atoms with E-state index in [4.69, 9.17) is 0 Å². The van der Waals surface area contributed by atoms with E-state index in [-0.39, 0.29) is 10.0 Å². The Bertz CT molecular complexity index is 603. The summed E-state index contributed by atoms with van der Waals surface area (Å²) in [4.78, 5) is 12.0. The molecule has 0 aromatic heterocycles. The second kappa shape index (κ2) is 5.79. The largest absolute Gasteiger partial charge is 0.321 e. The third-order valence-electron chi connectivity index (χ3n) is 2.32. The molecule has 0 spiro atoms. The standard InChI is InChI=1S/C13H8BrFINO/c14-9-5-3-4-8(12(9)15)13(18)17-11-7-2-1-6-10(11)16/h1-7H,(H,17,18). The molecule has 0 heterocycles. The van der Waals surface area contributed by atoms with Gasteiger partial charge in [-0.1, -0.05) is 18.2 Å². The van der Waals surface area contributed by atoms with Crippen molar-refractivity contribution in [2.75, 3.05) is 5.32 Å². The Labute approximate surface area is 126 Å². The molecule has 0 aliphatic heterocycles. The average molecular weight is 420 g/mol. The van der Waals surface area contributed by atoms with Crippen molar-refractivity contribution in [3.05, 3.63) is 61.9 Å². The summed E-state index contributed by atoms with van der Waals surface area (Å²) < 4.78 is 14.9. The molecule has 2 aromatic carbocycles. The van der Waals surface area contributed by atoms with E-state index in [9.17, 15) is 9.18 Å². The fourth-order valence-corrected chi connectivity index (χ4v) is 2.32. The van der Waals surface area contributed by atoms with Gasteiger partial charge in [-0.15, -0.1) is 0 Å². The van der Waals surface area contributed by atoms with Crippen molar-refractivity contribution in [2.45, 2.75) is 0 Å². The van der Waals surface area contributed by atoms with Crippen molar-refractivity contribution >= 4 is 50.1 Å². The molecule has 0 bridgehead atoms. The van der Waals surface area contributed by atoms with E-state index in [1.165, 1.54) is 6.07 Å². The van der Waals surface area contributed by atoms with Crippen molar-refractivity contribution < 1.29 is 9.18 Å². The highest BCUT2D eigenvalue weighted by Crippen LogP contribution is 2.21. The maximum atomic E-state index is 13.7. The zero-order chi connectivity index (χ0) is 13.1. The zero-order valence-electron chi connectivity index (χ0n) is 9.08. The van der Waals surface area contributed by atoms with Gasteiger partial charge in [-0.3, -0.25) is 4.79 Å². The van der Waals surface area contributed by atoms with Gasteiger partial charge in [0.1, 0.15) is 5.82 Å². The zero-order valence-corrected chi connectivity index (χ0v) is 12.8. The van der Waals surface area contributed by atoms with Gasteiger partial charge >= 0.3 is 0 Å². The van der Waals surface area contributed by atoms with Crippen LogP contribution in [0, 0.1) is 9.39 Å². The predicted octanol–water partition coefficient (Wildman–Crippen LogP) is 4.45. The van der Waals surface area contributed by atoms with E-state index in [0.29, 0.717) is 5.69 Å². The Morgan fingerprint density at radius 2 is 1.89 bits per heavy atom. The molecule has 0 saturated carbocycles. The number of benzene rings is 2. The van der Waals surface area contributed by atoms with Crippen molar-refractivity contribution in [2.24, 2.45) is 0 Å². The fraction of sp³-hybridized carbons (Fsp3) is 0. The van der Waals surface area contributed by atoms with Gasteiger partial charge in [-0.2, -0.15) is 0 Å². The molecule has 1 N–H and O–H groups in total. The van der Waals surface area contributed by atoms with Crippen molar-refractivity contribution in [1.29, 1.82) is 0 Å². The first-order chi connectivity index (χ1) is 8.59. The summed E-state index contributed by atoms with van der Waals surface area (Å²) in [6.07, 6.45) is 0. The molecule has 1 amide bonds. The summed E-state index contributed by atoms with van der Waals surface area (Å²) in [6.45, 7) is 0. The van der Waals surface area contributed by atoms with Crippen LogP contribution < -0.4 is 5.32 Å². The number of carbonyl (C=O) groups excluding carboxylic acids is 1. The van der Waals surface area contributed by atoms with E-state index in [1.807, 2.05) is 18.2 Å². The van der Waals surface area contributed by atoms with Crippen molar-refractivity contribution in [1.82, 2.24) is 0 Å². The van der Waals surface area contributed by atoms with Gasteiger partial charge in [0, 0.05) is 3.57 Å². The summed E-state index contributed by atoms with van der Waals surface area (Å²) in [5.41, 5.74) is 0.687. The molecule has 0 fully saturated rings. The van der Waals surface area contributed by atoms with Gasteiger partial charge in [0.15, 0.2) is 0 Å². The van der Waals surface area contributed by atoms with Gasteiger partial charge in [0.2, 0.25) is 0 Å². The molecular formula is C13H8BrFINO. The van der Waals surface area contributed by atoms with Gasteiger partial charge in [-0.25, -0.2) is 4.39 Å². The van der Waals surface area contributed by atoms with Gasteiger partial charge in [0.05, 0.1) is 15.7 Å². The van der Waals surface area contributed by atoms with Crippen LogP contribution in [0.4, 0.5) is 10.1 Å². The van der Waals surface area contributed by atoms with Crippen LogP contribution in [0.1, 0.15) is 10.4 Å². The maximum Gasteiger partial charge on any atom is 0.258 e. The number of para-hydroxylation sites is 1. The number of halogens is 3. The molecule has 18 heavy (non-hydrogen) atoms. The second-order valence-electron chi connectivity index (χ2n) is 3.54. The lowest BCUT2D eigenvalue weighted by Gasteiger charge is -2.08. The molecule has 0 radical (unpaired) electrons. The third kappa shape index (κ3) is 2.89. The first-order valence-corrected chi connectivity index (χ1v) is 6.96.